The lowest BCUT2D eigenvalue weighted by atomic mass is 9.97. The van der Waals surface area contributed by atoms with Crippen molar-refractivity contribution in [3.8, 4) is 0 Å². The molecule has 0 rings (SSSR count). The van der Waals surface area contributed by atoms with Gasteiger partial charge in [-0.3, -0.25) is 0 Å². The second kappa shape index (κ2) is 4.26. The van der Waals surface area contributed by atoms with E-state index in [1.165, 1.54) is 0 Å². The van der Waals surface area contributed by atoms with E-state index in [1.807, 2.05) is 27.7 Å². The Morgan fingerprint density at radius 3 is 2.25 bits per heavy atom. The molecule has 0 atom stereocenters. The maximum absolute atomic E-state index is 5.09. The van der Waals surface area contributed by atoms with Crippen molar-refractivity contribution in [2.24, 2.45) is 16.3 Å². The van der Waals surface area contributed by atoms with Crippen molar-refractivity contribution in [3.63, 3.8) is 0 Å². The third-order valence-electron chi connectivity index (χ3n) is 1.42. The number of nitrogens with zero attached hydrogens (tertiary/aromatic N) is 1. The molecule has 0 unspecified atom stereocenters. The molecule has 2 N–H and O–H groups in total. The summed E-state index contributed by atoms with van der Waals surface area (Å²) in [4.78, 5) is 8.84. The molecule has 0 aliphatic heterocycles. The van der Waals surface area contributed by atoms with Gasteiger partial charge < -0.3 is 4.84 Å². The van der Waals surface area contributed by atoms with Crippen molar-refractivity contribution in [2.75, 3.05) is 0 Å². The van der Waals surface area contributed by atoms with Gasteiger partial charge in [0.05, 0.1) is 0 Å². The summed E-state index contributed by atoms with van der Waals surface area (Å²) < 4.78 is 0. The summed E-state index contributed by atoms with van der Waals surface area (Å²) in [6.45, 7) is 11.7. The molecule has 70 valence electrons. The molecule has 0 aliphatic rings. The molecule has 0 spiro atoms. The van der Waals surface area contributed by atoms with Crippen LogP contribution < -0.4 is 5.90 Å². The highest BCUT2D eigenvalue weighted by Crippen LogP contribution is 2.17. The Balaban J connectivity index is 4.55. The Hall–Kier alpha value is -0.830. The lowest BCUT2D eigenvalue weighted by Crippen LogP contribution is -2.26. The van der Waals surface area contributed by atoms with Crippen LogP contribution in [0.5, 0.6) is 0 Å². The number of rotatable bonds is 2. The second-order valence-electron chi connectivity index (χ2n) is 3.70. The van der Waals surface area contributed by atoms with Gasteiger partial charge in [0.2, 0.25) is 5.90 Å². The molecule has 0 saturated heterocycles. The minimum Gasteiger partial charge on any atom is -0.395 e. The van der Waals surface area contributed by atoms with Crippen LogP contribution in [0.25, 0.3) is 0 Å². The minimum absolute atomic E-state index is 0.160. The van der Waals surface area contributed by atoms with E-state index in [9.17, 15) is 0 Å². The van der Waals surface area contributed by atoms with Crippen molar-refractivity contribution in [2.45, 2.75) is 34.1 Å². The van der Waals surface area contributed by atoms with Crippen LogP contribution in [-0.4, -0.2) is 5.90 Å². The largest absolute Gasteiger partial charge is 0.395 e. The lowest BCUT2D eigenvalue weighted by molar-refractivity contribution is 0.273. The van der Waals surface area contributed by atoms with Gasteiger partial charge in [0.1, 0.15) is 0 Å². The molecule has 0 bridgehead atoms. The fraction of sp³-hybridized carbons (Fsp3) is 0.667. The summed E-state index contributed by atoms with van der Waals surface area (Å²) in [7, 11) is 0. The first-order chi connectivity index (χ1) is 5.41. The maximum atomic E-state index is 5.09. The Kier molecular flexibility index (Phi) is 3.96. The average molecular weight is 170 g/mol. The van der Waals surface area contributed by atoms with E-state index in [1.54, 1.807) is 0 Å². The standard InChI is InChI=1S/C9H18N2O/c1-6-7(2)11-8(12-10)9(3,4)5/h2,6,10H2,1,3-5H3. The molecule has 12 heavy (non-hydrogen) atoms. The predicted octanol–water partition coefficient (Wildman–Crippen LogP) is 2.25. The molecular formula is C9H18N2O. The summed E-state index contributed by atoms with van der Waals surface area (Å²) in [6, 6.07) is 0. The van der Waals surface area contributed by atoms with Crippen LogP contribution in [0.2, 0.25) is 0 Å². The number of allylic oxidation sites excluding steroid dienone is 1. The molecule has 0 heterocycles. The Bertz CT molecular complexity index is 189. The van der Waals surface area contributed by atoms with E-state index >= 15 is 0 Å². The zero-order chi connectivity index (χ0) is 9.78. The molecule has 0 fully saturated rings. The first-order valence-corrected chi connectivity index (χ1v) is 4.05. The molecule has 3 nitrogen and oxygen atoms in total. The van der Waals surface area contributed by atoms with Crippen molar-refractivity contribution in [3.05, 3.63) is 12.3 Å². The Morgan fingerprint density at radius 1 is 1.50 bits per heavy atom. The van der Waals surface area contributed by atoms with Gasteiger partial charge in [0, 0.05) is 11.1 Å². The maximum Gasteiger partial charge on any atom is 0.219 e. The molecule has 0 saturated carbocycles. The smallest absolute Gasteiger partial charge is 0.219 e. The van der Waals surface area contributed by atoms with Gasteiger partial charge in [-0.2, -0.15) is 5.90 Å². The lowest BCUT2D eigenvalue weighted by Gasteiger charge is -2.18. The molecule has 0 aliphatic carbocycles. The Labute approximate surface area is 74.3 Å². The first-order valence-electron chi connectivity index (χ1n) is 4.05. The van der Waals surface area contributed by atoms with E-state index in [-0.39, 0.29) is 5.41 Å². The van der Waals surface area contributed by atoms with Crippen LogP contribution in [0.15, 0.2) is 17.3 Å². The van der Waals surface area contributed by atoms with E-state index in [2.05, 4.69) is 16.4 Å². The van der Waals surface area contributed by atoms with Crippen LogP contribution in [0.1, 0.15) is 34.1 Å². The molecule has 0 aromatic rings. The monoisotopic (exact) mass is 170 g/mol. The molecular weight excluding hydrogens is 152 g/mol. The summed E-state index contributed by atoms with van der Waals surface area (Å²) in [5, 5.41) is 0. The zero-order valence-electron chi connectivity index (χ0n) is 8.35. The van der Waals surface area contributed by atoms with Crippen LogP contribution in [0.4, 0.5) is 0 Å². The summed E-state index contributed by atoms with van der Waals surface area (Å²) >= 11 is 0. The van der Waals surface area contributed by atoms with Gasteiger partial charge in [-0.15, -0.1) is 0 Å². The SMILES string of the molecule is C=C(CC)N=C(ON)C(C)(C)C. The van der Waals surface area contributed by atoms with Gasteiger partial charge in [-0.05, 0) is 6.42 Å². The fourth-order valence-corrected chi connectivity index (χ4v) is 0.593. The minimum atomic E-state index is -0.160. The zero-order valence-corrected chi connectivity index (χ0v) is 8.35. The third-order valence-corrected chi connectivity index (χ3v) is 1.42. The predicted molar refractivity (Wildman–Crippen MR) is 51.6 cm³/mol. The average Bonchev–Trinajstić information content (AvgIpc) is 1.97. The fourth-order valence-electron chi connectivity index (χ4n) is 0.593. The van der Waals surface area contributed by atoms with Crippen molar-refractivity contribution in [1.29, 1.82) is 0 Å². The van der Waals surface area contributed by atoms with Crippen molar-refractivity contribution in [1.82, 2.24) is 0 Å². The first kappa shape index (κ1) is 11.2. The van der Waals surface area contributed by atoms with Crippen LogP contribution in [0, 0.1) is 5.41 Å². The number of aliphatic imine (C=N–C) groups is 1. The van der Waals surface area contributed by atoms with Crippen LogP contribution in [0.3, 0.4) is 0 Å². The van der Waals surface area contributed by atoms with Gasteiger partial charge in [0.25, 0.3) is 0 Å². The highest BCUT2D eigenvalue weighted by molar-refractivity contribution is 5.82. The Morgan fingerprint density at radius 2 is 2.00 bits per heavy atom. The molecule has 0 aromatic heterocycles. The second-order valence-corrected chi connectivity index (χ2v) is 3.70. The summed E-state index contributed by atoms with van der Waals surface area (Å²) in [5.41, 5.74) is 0.623. The highest BCUT2D eigenvalue weighted by atomic mass is 16.6. The van der Waals surface area contributed by atoms with Gasteiger partial charge in [-0.25, -0.2) is 4.99 Å². The van der Waals surface area contributed by atoms with Gasteiger partial charge in [0.15, 0.2) is 0 Å². The molecule has 0 amide bonds. The van der Waals surface area contributed by atoms with Crippen molar-refractivity contribution < 1.29 is 4.84 Å². The summed E-state index contributed by atoms with van der Waals surface area (Å²) in [6.07, 6.45) is 0.808. The third kappa shape index (κ3) is 3.53. The van der Waals surface area contributed by atoms with Gasteiger partial charge in [-0.1, -0.05) is 34.3 Å². The number of hydrogen-bond acceptors (Lipinski definition) is 3. The van der Waals surface area contributed by atoms with E-state index in [4.69, 9.17) is 5.90 Å². The van der Waals surface area contributed by atoms with E-state index in [0.717, 1.165) is 12.1 Å². The quantitative estimate of drug-likeness (QED) is 0.392. The van der Waals surface area contributed by atoms with Crippen LogP contribution in [-0.2, 0) is 4.84 Å². The van der Waals surface area contributed by atoms with E-state index in [0.29, 0.717) is 5.90 Å². The summed E-state index contributed by atoms with van der Waals surface area (Å²) in [5.74, 6) is 5.61. The van der Waals surface area contributed by atoms with Crippen molar-refractivity contribution >= 4 is 5.90 Å². The topological polar surface area (TPSA) is 47.6 Å². The normalized spacial score (nSPS) is 12.9. The molecule has 0 aromatic carbocycles. The molecule has 3 heteroatoms. The van der Waals surface area contributed by atoms with E-state index < -0.39 is 0 Å². The number of hydrogen-bond donors (Lipinski definition) is 1. The highest BCUT2D eigenvalue weighted by Gasteiger charge is 2.20. The van der Waals surface area contributed by atoms with Crippen LogP contribution >= 0.6 is 0 Å². The number of nitrogens with two attached hydrogens (primary N) is 1. The van der Waals surface area contributed by atoms with Gasteiger partial charge >= 0.3 is 0 Å². The molecule has 0 radical (unpaired) electrons.